The van der Waals surface area contributed by atoms with Gasteiger partial charge in [0.1, 0.15) is 18.1 Å². The molecule has 156 valence electrons. The first kappa shape index (κ1) is 22.1. The molecular formula is C22H23N3O3S2. The average molecular weight is 442 g/mol. The van der Waals surface area contributed by atoms with Gasteiger partial charge in [0.15, 0.2) is 0 Å². The maximum atomic E-state index is 12.4. The van der Waals surface area contributed by atoms with Crippen molar-refractivity contribution in [3.8, 4) is 11.8 Å². The molecule has 0 aliphatic heterocycles. The van der Waals surface area contributed by atoms with Gasteiger partial charge in [-0.2, -0.15) is 30.5 Å². The zero-order valence-corrected chi connectivity index (χ0v) is 18.0. The van der Waals surface area contributed by atoms with Crippen molar-refractivity contribution in [3.63, 3.8) is 0 Å². The fraction of sp³-hybridized carbons (Fsp3) is 0.318. The largest absolute Gasteiger partial charge is 0.489 e. The highest BCUT2D eigenvalue weighted by Gasteiger charge is 2.31. The Morgan fingerprint density at radius 1 is 1.10 bits per heavy atom. The van der Waals surface area contributed by atoms with E-state index in [1.807, 2.05) is 24.3 Å². The summed E-state index contributed by atoms with van der Waals surface area (Å²) in [6.45, 7) is 0.385. The highest BCUT2D eigenvalue weighted by Crippen LogP contribution is 2.28. The van der Waals surface area contributed by atoms with Gasteiger partial charge in [-0.05, 0) is 48.2 Å². The van der Waals surface area contributed by atoms with Crippen molar-refractivity contribution in [2.75, 3.05) is 0 Å². The Labute approximate surface area is 186 Å². The van der Waals surface area contributed by atoms with Gasteiger partial charge in [0.25, 0.3) is 5.91 Å². The number of oxime groups is 1. The minimum absolute atomic E-state index is 0.0164. The van der Waals surface area contributed by atoms with E-state index < -0.39 is 0 Å². The fourth-order valence-corrected chi connectivity index (χ4v) is 4.03. The van der Waals surface area contributed by atoms with E-state index in [1.165, 1.54) is 0 Å². The molecule has 2 atom stereocenters. The van der Waals surface area contributed by atoms with Crippen LogP contribution in [0.5, 0.6) is 5.75 Å². The van der Waals surface area contributed by atoms with Gasteiger partial charge >= 0.3 is 0 Å². The van der Waals surface area contributed by atoms with Crippen molar-refractivity contribution in [3.05, 3.63) is 65.2 Å². The van der Waals surface area contributed by atoms with Gasteiger partial charge in [0.2, 0.25) is 0 Å². The van der Waals surface area contributed by atoms with Crippen molar-refractivity contribution in [2.45, 2.75) is 42.4 Å². The van der Waals surface area contributed by atoms with Crippen LogP contribution < -0.4 is 10.1 Å². The summed E-state index contributed by atoms with van der Waals surface area (Å²) in [5.74, 6) is 0.298. The topological polar surface area (TPSA) is 94.7 Å². The second-order valence-corrected chi connectivity index (χ2v) is 8.57. The molecule has 3 rings (SSSR count). The van der Waals surface area contributed by atoms with Crippen molar-refractivity contribution in [2.24, 2.45) is 5.16 Å². The van der Waals surface area contributed by atoms with Gasteiger partial charge in [0, 0.05) is 23.0 Å². The standard InChI is InChI=1S/C22H23N3O3S2/c23-12-15-1-3-16(4-2-15)13-28-18-7-5-14(6-8-18)9-19(25-27)22(26)24-17-10-20(29)21(30)11-17/h1-8,17,20-21,27,29-30H,9-11,13H2,(H,24,26)/b25-19+. The summed E-state index contributed by atoms with van der Waals surface area (Å²) in [6.07, 6.45) is 1.69. The number of nitrogens with zero attached hydrogens (tertiary/aromatic N) is 2. The molecule has 0 saturated heterocycles. The van der Waals surface area contributed by atoms with Crippen LogP contribution in [0.1, 0.15) is 29.5 Å². The van der Waals surface area contributed by atoms with E-state index in [1.54, 1.807) is 24.3 Å². The quantitative estimate of drug-likeness (QED) is 0.229. The Morgan fingerprint density at radius 2 is 1.70 bits per heavy atom. The van der Waals surface area contributed by atoms with Crippen molar-refractivity contribution in [1.29, 1.82) is 5.26 Å². The minimum atomic E-state index is -0.383. The summed E-state index contributed by atoms with van der Waals surface area (Å²) in [5.41, 5.74) is 2.45. The van der Waals surface area contributed by atoms with E-state index in [0.29, 0.717) is 17.9 Å². The summed E-state index contributed by atoms with van der Waals surface area (Å²) in [4.78, 5) is 12.4. The molecule has 1 aliphatic carbocycles. The van der Waals surface area contributed by atoms with E-state index >= 15 is 0 Å². The number of amides is 1. The molecular weight excluding hydrogens is 418 g/mol. The highest BCUT2D eigenvalue weighted by atomic mass is 32.1. The molecule has 30 heavy (non-hydrogen) atoms. The second kappa shape index (κ2) is 10.4. The maximum Gasteiger partial charge on any atom is 0.269 e. The number of hydrogen-bond acceptors (Lipinski definition) is 7. The van der Waals surface area contributed by atoms with E-state index in [-0.39, 0.29) is 34.6 Å². The summed E-state index contributed by atoms with van der Waals surface area (Å²) >= 11 is 8.90. The predicted octanol–water partition coefficient (Wildman–Crippen LogP) is 3.39. The van der Waals surface area contributed by atoms with Crippen molar-refractivity contribution >= 4 is 36.9 Å². The number of thiol groups is 2. The number of nitriles is 1. The number of rotatable bonds is 7. The zero-order valence-electron chi connectivity index (χ0n) is 16.2. The van der Waals surface area contributed by atoms with Gasteiger partial charge in [-0.1, -0.05) is 29.4 Å². The minimum Gasteiger partial charge on any atom is -0.489 e. The van der Waals surface area contributed by atoms with Crippen LogP contribution in [0.3, 0.4) is 0 Å². The number of benzene rings is 2. The van der Waals surface area contributed by atoms with Gasteiger partial charge in [-0.25, -0.2) is 0 Å². The Kier molecular flexibility index (Phi) is 7.66. The lowest BCUT2D eigenvalue weighted by Gasteiger charge is -2.13. The first-order chi connectivity index (χ1) is 14.5. The number of ether oxygens (including phenoxy) is 1. The molecule has 1 saturated carbocycles. The maximum absolute atomic E-state index is 12.4. The molecule has 1 aliphatic rings. The third kappa shape index (κ3) is 5.94. The smallest absolute Gasteiger partial charge is 0.269 e. The van der Waals surface area contributed by atoms with Crippen molar-refractivity contribution < 1.29 is 14.7 Å². The van der Waals surface area contributed by atoms with Gasteiger partial charge < -0.3 is 15.3 Å². The summed E-state index contributed by atoms with van der Waals surface area (Å²) in [7, 11) is 0. The third-order valence-electron chi connectivity index (χ3n) is 5.00. The van der Waals surface area contributed by atoms with E-state index in [2.05, 4.69) is 41.8 Å². The number of nitrogens with one attached hydrogen (secondary N) is 1. The number of carbonyl (C=O) groups excluding carboxylic acids is 1. The normalized spacial score (nSPS) is 21.1. The summed E-state index contributed by atoms with van der Waals surface area (Å²) in [5, 5.41) is 24.5. The lowest BCUT2D eigenvalue weighted by Crippen LogP contribution is -2.39. The monoisotopic (exact) mass is 441 g/mol. The molecule has 1 amide bonds. The molecule has 8 heteroatoms. The molecule has 2 unspecified atom stereocenters. The molecule has 1 fully saturated rings. The average Bonchev–Trinajstić information content (AvgIpc) is 3.08. The van der Waals surface area contributed by atoms with E-state index in [9.17, 15) is 10.0 Å². The number of hydrogen-bond donors (Lipinski definition) is 4. The number of carbonyl (C=O) groups is 1. The molecule has 0 spiro atoms. The van der Waals surface area contributed by atoms with Gasteiger partial charge in [0.05, 0.1) is 11.6 Å². The Bertz CT molecular complexity index is 930. The lowest BCUT2D eigenvalue weighted by atomic mass is 10.1. The van der Waals surface area contributed by atoms with Crippen LogP contribution in [0.15, 0.2) is 53.7 Å². The molecule has 0 bridgehead atoms. The molecule has 0 heterocycles. The van der Waals surface area contributed by atoms with Crippen molar-refractivity contribution in [1.82, 2.24) is 5.32 Å². The third-order valence-corrected chi connectivity index (χ3v) is 6.37. The SMILES string of the molecule is N#Cc1ccc(COc2ccc(C/C(=N\O)C(=O)NC3CC(S)C(S)C3)cc2)cc1. The van der Waals surface area contributed by atoms with Crippen LogP contribution in [0.2, 0.25) is 0 Å². The van der Waals surface area contributed by atoms with Gasteiger partial charge in [-0.3, -0.25) is 4.79 Å². The Balaban J connectivity index is 1.52. The van der Waals surface area contributed by atoms with Gasteiger partial charge in [-0.15, -0.1) is 0 Å². The molecule has 0 aromatic heterocycles. The van der Waals surface area contributed by atoms with Crippen LogP contribution in [0.25, 0.3) is 0 Å². The Morgan fingerprint density at radius 3 is 2.27 bits per heavy atom. The first-order valence-corrected chi connectivity index (χ1v) is 10.6. The lowest BCUT2D eigenvalue weighted by molar-refractivity contribution is -0.115. The summed E-state index contributed by atoms with van der Waals surface area (Å²) in [6, 6.07) is 16.5. The molecule has 6 nitrogen and oxygen atoms in total. The van der Waals surface area contributed by atoms with Crippen LogP contribution in [0, 0.1) is 11.3 Å². The predicted molar refractivity (Wildman–Crippen MR) is 122 cm³/mol. The van der Waals surface area contributed by atoms with E-state index in [4.69, 9.17) is 10.00 Å². The Hall–Kier alpha value is -2.63. The molecule has 2 aromatic rings. The zero-order chi connectivity index (χ0) is 21.5. The summed E-state index contributed by atoms with van der Waals surface area (Å²) < 4.78 is 5.75. The van der Waals surface area contributed by atoms with Crippen LogP contribution in [0.4, 0.5) is 0 Å². The molecule has 2 N–H and O–H groups in total. The van der Waals surface area contributed by atoms with E-state index in [0.717, 1.165) is 24.0 Å². The highest BCUT2D eigenvalue weighted by molar-refractivity contribution is 7.85. The second-order valence-electron chi connectivity index (χ2n) is 7.24. The molecule has 2 aromatic carbocycles. The van der Waals surface area contributed by atoms with Crippen LogP contribution in [-0.4, -0.2) is 33.4 Å². The van der Waals surface area contributed by atoms with Crippen LogP contribution in [-0.2, 0) is 17.8 Å². The first-order valence-electron chi connectivity index (χ1n) is 9.57. The fourth-order valence-electron chi connectivity index (χ4n) is 3.28. The molecule has 0 radical (unpaired) electrons. The van der Waals surface area contributed by atoms with Crippen LogP contribution >= 0.6 is 25.3 Å².